The van der Waals surface area contributed by atoms with Crippen LogP contribution in [0.5, 0.6) is 0 Å². The maximum atomic E-state index is 8.89. The van der Waals surface area contributed by atoms with Gasteiger partial charge in [-0.25, -0.2) is 0 Å². The second-order valence-corrected chi connectivity index (χ2v) is 6.22. The number of fused-ring (bicyclic) bond motifs is 4. The van der Waals surface area contributed by atoms with E-state index >= 15 is 0 Å². The molecule has 3 heterocycles. The number of carbonyl (C=O) groups excluding carboxylic acids is 2. The van der Waals surface area contributed by atoms with Crippen LogP contribution in [-0.2, 0) is 43.7 Å². The number of hydrogen-bond donors (Lipinski definition) is 2. The average molecular weight is 650 g/mol. The van der Waals surface area contributed by atoms with E-state index in [1.807, 2.05) is 12.1 Å². The van der Waals surface area contributed by atoms with Gasteiger partial charge in [-0.3, -0.25) is 20.0 Å². The van der Waals surface area contributed by atoms with Crippen molar-refractivity contribution in [2.45, 2.75) is 26.7 Å². The molecule has 0 atom stereocenters. The number of carbonyl (C=O) groups is 2. The van der Waals surface area contributed by atoms with Gasteiger partial charge in [0, 0.05) is 77.2 Å². The Hall–Kier alpha value is -3.04. The number of aliphatic carboxylic acids is 2. The minimum Gasteiger partial charge on any atom is -0.574 e. The predicted octanol–water partition coefficient (Wildman–Crippen LogP) is -3.54. The van der Waals surface area contributed by atoms with E-state index in [2.05, 4.69) is 40.4 Å². The minimum absolute atomic E-state index is 0. The Morgan fingerprint density at radius 1 is 0.667 bits per heavy atom. The number of nitrogens with zero attached hydrogens (tertiary/aromatic N) is 8. The molecule has 0 fully saturated rings. The predicted molar refractivity (Wildman–Crippen MR) is 135 cm³/mol. The SMILES string of the molecule is C1=NCCCN=Cc2cc([n-]n2)C=NCCCN=Cc2cc1n[n-]2.CC(=O)[O-].CC(=O)[O-].CO.CO.O.[Cu+2].[Cu+2]. The fourth-order valence-corrected chi connectivity index (χ4v) is 2.04. The summed E-state index contributed by atoms with van der Waals surface area (Å²) in [5.41, 5.74) is 2.99. The monoisotopic (exact) mass is 648 g/mol. The first-order chi connectivity index (χ1) is 17.4. The molecule has 1 aliphatic heterocycles. The Kier molecular flexibility index (Phi) is 38.8. The second-order valence-electron chi connectivity index (χ2n) is 6.22. The van der Waals surface area contributed by atoms with Crippen molar-refractivity contribution >= 4 is 36.8 Å². The number of rotatable bonds is 0. The van der Waals surface area contributed by atoms with Gasteiger partial charge in [0.25, 0.3) is 0 Å². The Morgan fingerprint density at radius 3 is 1.21 bits per heavy atom. The van der Waals surface area contributed by atoms with Gasteiger partial charge >= 0.3 is 34.1 Å². The van der Waals surface area contributed by atoms with E-state index in [1.54, 1.807) is 24.9 Å². The number of aliphatic imine (C=N–C) groups is 4. The summed E-state index contributed by atoms with van der Waals surface area (Å²) < 4.78 is 0. The fourth-order valence-electron chi connectivity index (χ4n) is 2.04. The summed E-state index contributed by atoms with van der Waals surface area (Å²) in [6, 6.07) is 3.73. The van der Waals surface area contributed by atoms with Gasteiger partial charge in [-0.15, -0.1) is 11.4 Å². The zero-order chi connectivity index (χ0) is 27.6. The van der Waals surface area contributed by atoms with Crippen LogP contribution in [0.2, 0.25) is 0 Å². The van der Waals surface area contributed by atoms with Crippen molar-refractivity contribution in [2.24, 2.45) is 20.0 Å². The molecule has 2 aromatic rings. The van der Waals surface area contributed by atoms with Gasteiger partial charge in [0.05, 0.1) is 11.4 Å². The van der Waals surface area contributed by atoms with Gasteiger partial charge in [-0.05, 0) is 38.8 Å². The van der Waals surface area contributed by atoms with Crippen LogP contribution < -0.4 is 20.4 Å². The summed E-state index contributed by atoms with van der Waals surface area (Å²) in [4.78, 5) is 35.1. The molecule has 1 aliphatic rings. The maximum Gasteiger partial charge on any atom is 2.00 e. The minimum atomic E-state index is -1.08. The number of aliphatic hydroxyl groups excluding tert-OH is 2. The molecular formula is C22H34Cu2N8O7. The Balaban J connectivity index is -0.000000222. The molecule has 39 heavy (non-hydrogen) atoms. The van der Waals surface area contributed by atoms with E-state index in [9.17, 15) is 0 Å². The van der Waals surface area contributed by atoms with Crippen molar-refractivity contribution in [3.8, 4) is 0 Å². The van der Waals surface area contributed by atoms with Crippen molar-refractivity contribution in [2.75, 3.05) is 40.4 Å². The average Bonchev–Trinajstić information content (AvgIpc) is 3.49. The standard InChI is InChI=1S/C16H18N8.2C2H4O2.2CH4O.2Cu.H2O/c1-3-17-9-13-7-15(23-21-13)11-19-5-2-6-20-12-16-8-14(22-24-16)10-18-4-1;2*1-2(3)4;2*1-2;;;/h7-12H,1-6H2;2*1H3,(H,3,4);2*2H,1H3;;;1H2/q-2;;;;;2*+2;/p-2. The molecule has 0 spiro atoms. The van der Waals surface area contributed by atoms with E-state index in [0.717, 1.165) is 63.7 Å². The molecule has 2 aromatic heterocycles. The molecule has 226 valence electrons. The summed E-state index contributed by atoms with van der Waals surface area (Å²) in [6.45, 7) is 4.72. The zero-order valence-electron chi connectivity index (χ0n) is 21.9. The van der Waals surface area contributed by atoms with E-state index in [1.165, 1.54) is 0 Å². The molecular weight excluding hydrogens is 615 g/mol. The van der Waals surface area contributed by atoms with Gasteiger partial charge in [-0.1, -0.05) is 0 Å². The van der Waals surface area contributed by atoms with Crippen LogP contribution in [-0.4, -0.2) is 103 Å². The molecule has 4 bridgehead atoms. The van der Waals surface area contributed by atoms with E-state index in [0.29, 0.717) is 26.2 Å². The Bertz CT molecular complexity index is 823. The topological polar surface area (TPSA) is 256 Å². The third-order valence-corrected chi connectivity index (χ3v) is 3.20. The van der Waals surface area contributed by atoms with Crippen LogP contribution in [0.25, 0.3) is 0 Å². The molecule has 0 aliphatic carbocycles. The first kappa shape index (κ1) is 45.9. The summed E-state index contributed by atoms with van der Waals surface area (Å²) in [7, 11) is 2.00. The summed E-state index contributed by atoms with van der Waals surface area (Å²) >= 11 is 0. The molecule has 0 saturated carbocycles. The van der Waals surface area contributed by atoms with E-state index < -0.39 is 11.9 Å². The summed E-state index contributed by atoms with van der Waals surface area (Å²) in [5, 5.41) is 48.0. The fraction of sp³-hybridized carbons (Fsp3) is 0.455. The molecule has 4 N–H and O–H groups in total. The zero-order valence-corrected chi connectivity index (χ0v) is 23.8. The molecule has 17 heteroatoms. The molecule has 15 nitrogen and oxygen atoms in total. The number of aromatic nitrogens is 4. The van der Waals surface area contributed by atoms with Gasteiger partial charge < -0.3 is 55.9 Å². The number of hydrogen-bond acceptors (Lipinski definition) is 12. The molecule has 0 aromatic carbocycles. The van der Waals surface area contributed by atoms with Crippen molar-refractivity contribution in [1.29, 1.82) is 0 Å². The first-order valence-corrected chi connectivity index (χ1v) is 10.6. The van der Waals surface area contributed by atoms with Crippen molar-refractivity contribution in [3.63, 3.8) is 0 Å². The second kappa shape index (κ2) is 33.0. The van der Waals surface area contributed by atoms with E-state index in [-0.39, 0.29) is 39.6 Å². The molecule has 0 unspecified atom stereocenters. The van der Waals surface area contributed by atoms with Gasteiger partial charge in [0.15, 0.2) is 0 Å². The van der Waals surface area contributed by atoms with Crippen LogP contribution in [0.1, 0.15) is 49.5 Å². The van der Waals surface area contributed by atoms with Crippen LogP contribution in [0.15, 0.2) is 32.1 Å². The normalized spacial score (nSPS) is 11.6. The number of aliphatic hydroxyl groups is 2. The van der Waals surface area contributed by atoms with Crippen LogP contribution in [0.4, 0.5) is 0 Å². The molecule has 2 radical (unpaired) electrons. The van der Waals surface area contributed by atoms with E-state index in [4.69, 9.17) is 30.0 Å². The third kappa shape index (κ3) is 31.1. The quantitative estimate of drug-likeness (QED) is 0.266. The smallest absolute Gasteiger partial charge is 0.574 e. The third-order valence-electron chi connectivity index (χ3n) is 3.20. The maximum absolute atomic E-state index is 8.89. The molecule has 0 amide bonds. The Morgan fingerprint density at radius 2 is 0.923 bits per heavy atom. The van der Waals surface area contributed by atoms with Gasteiger partial charge in [0.2, 0.25) is 0 Å². The van der Waals surface area contributed by atoms with Gasteiger partial charge in [-0.2, -0.15) is 0 Å². The Labute approximate surface area is 248 Å². The number of carboxylic acids is 2. The van der Waals surface area contributed by atoms with Gasteiger partial charge in [0.1, 0.15) is 0 Å². The summed E-state index contributed by atoms with van der Waals surface area (Å²) in [6.07, 6.45) is 8.65. The van der Waals surface area contributed by atoms with Crippen molar-refractivity contribution in [3.05, 3.63) is 34.9 Å². The van der Waals surface area contributed by atoms with Crippen LogP contribution >= 0.6 is 0 Å². The largest absolute Gasteiger partial charge is 2.00 e. The number of carboxylic acid groups (broad SMARTS) is 2. The van der Waals surface area contributed by atoms with Crippen LogP contribution in [0, 0.1) is 0 Å². The van der Waals surface area contributed by atoms with Crippen molar-refractivity contribution in [1.82, 2.24) is 20.4 Å². The molecule has 0 saturated heterocycles. The van der Waals surface area contributed by atoms with Crippen molar-refractivity contribution < 1.29 is 69.6 Å². The molecule has 3 rings (SSSR count). The first-order valence-electron chi connectivity index (χ1n) is 10.6. The summed E-state index contributed by atoms with van der Waals surface area (Å²) in [5.74, 6) is -2.17. The van der Waals surface area contributed by atoms with Crippen LogP contribution in [0.3, 0.4) is 0 Å².